The van der Waals surface area contributed by atoms with Gasteiger partial charge < -0.3 is 10.0 Å². The van der Waals surface area contributed by atoms with E-state index in [2.05, 4.69) is 84.9 Å². The van der Waals surface area contributed by atoms with E-state index in [0.29, 0.717) is 5.46 Å². The summed E-state index contributed by atoms with van der Waals surface area (Å²) in [6, 6.07) is 39.2. The fourth-order valence-corrected chi connectivity index (χ4v) is 4.13. The first-order chi connectivity index (χ1) is 15.2. The van der Waals surface area contributed by atoms with E-state index in [1.165, 1.54) is 33.0 Å². The van der Waals surface area contributed by atoms with Crippen molar-refractivity contribution in [1.82, 2.24) is 0 Å². The van der Waals surface area contributed by atoms with Crippen LogP contribution in [0.25, 0.3) is 44.2 Å². The normalized spacial score (nSPS) is 10.9. The van der Waals surface area contributed by atoms with Crippen LogP contribution in [0.5, 0.6) is 0 Å². The molecule has 0 amide bonds. The molecule has 2 nitrogen and oxygen atoms in total. The minimum absolute atomic E-state index is 0.487. The summed E-state index contributed by atoms with van der Waals surface area (Å²) in [7, 11) is -1.46. The smallest absolute Gasteiger partial charge is 0.423 e. The fraction of sp³-hybridized carbons (Fsp3) is 0. The van der Waals surface area contributed by atoms with Crippen LogP contribution < -0.4 is 5.46 Å². The topological polar surface area (TPSA) is 40.5 Å². The van der Waals surface area contributed by atoms with Crippen LogP contribution in [0.2, 0.25) is 0 Å². The van der Waals surface area contributed by atoms with E-state index in [1.54, 1.807) is 12.1 Å². The lowest BCUT2D eigenvalue weighted by molar-refractivity contribution is 0.426. The van der Waals surface area contributed by atoms with Gasteiger partial charge in [-0.15, -0.1) is 0 Å². The third-order valence-electron chi connectivity index (χ3n) is 5.73. The highest BCUT2D eigenvalue weighted by Gasteiger charge is 2.13. The van der Waals surface area contributed by atoms with E-state index in [0.717, 1.165) is 11.1 Å². The van der Waals surface area contributed by atoms with Gasteiger partial charge in [0.15, 0.2) is 0 Å². The Hall–Kier alpha value is -3.66. The average Bonchev–Trinajstić information content (AvgIpc) is 2.84. The van der Waals surface area contributed by atoms with Gasteiger partial charge in [-0.25, -0.2) is 0 Å². The molecule has 2 N–H and O–H groups in total. The number of fused-ring (bicyclic) bond motifs is 1. The molecule has 0 saturated carbocycles. The van der Waals surface area contributed by atoms with Crippen molar-refractivity contribution in [3.8, 4) is 33.4 Å². The van der Waals surface area contributed by atoms with Gasteiger partial charge in [0.25, 0.3) is 0 Å². The molecule has 0 aliphatic heterocycles. The van der Waals surface area contributed by atoms with Crippen molar-refractivity contribution in [2.45, 2.75) is 0 Å². The molecule has 5 aromatic carbocycles. The molecule has 0 aliphatic carbocycles. The molecule has 0 heterocycles. The van der Waals surface area contributed by atoms with Crippen LogP contribution in [0.3, 0.4) is 0 Å². The molecule has 0 spiro atoms. The average molecular weight is 400 g/mol. The quantitative estimate of drug-likeness (QED) is 0.390. The first-order valence-corrected chi connectivity index (χ1v) is 10.3. The van der Waals surface area contributed by atoms with Gasteiger partial charge in [-0.3, -0.25) is 0 Å². The minimum atomic E-state index is -1.46. The Bertz CT molecular complexity index is 1320. The van der Waals surface area contributed by atoms with Crippen LogP contribution in [0, 0.1) is 0 Å². The van der Waals surface area contributed by atoms with E-state index in [1.807, 2.05) is 18.2 Å². The van der Waals surface area contributed by atoms with Crippen molar-refractivity contribution in [2.24, 2.45) is 0 Å². The molecular formula is C28H21BO2. The lowest BCUT2D eigenvalue weighted by Gasteiger charge is -2.13. The maximum atomic E-state index is 9.41. The number of hydrogen-bond acceptors (Lipinski definition) is 2. The zero-order chi connectivity index (χ0) is 21.2. The largest absolute Gasteiger partial charge is 0.488 e. The van der Waals surface area contributed by atoms with Crippen LogP contribution >= 0.6 is 0 Å². The van der Waals surface area contributed by atoms with E-state index >= 15 is 0 Å². The molecule has 148 valence electrons. The van der Waals surface area contributed by atoms with E-state index in [9.17, 15) is 10.0 Å². The zero-order valence-electron chi connectivity index (χ0n) is 16.9. The second-order valence-corrected chi connectivity index (χ2v) is 7.65. The van der Waals surface area contributed by atoms with Gasteiger partial charge in [-0.1, -0.05) is 115 Å². The zero-order valence-corrected chi connectivity index (χ0v) is 16.9. The van der Waals surface area contributed by atoms with Gasteiger partial charge in [0.1, 0.15) is 0 Å². The van der Waals surface area contributed by atoms with Crippen molar-refractivity contribution in [3.63, 3.8) is 0 Å². The molecule has 5 aromatic rings. The summed E-state index contributed by atoms with van der Waals surface area (Å²) in [6.07, 6.45) is 0. The Kier molecular flexibility index (Phi) is 5.13. The van der Waals surface area contributed by atoms with Crippen LogP contribution in [0.1, 0.15) is 0 Å². The Labute approximate surface area is 182 Å². The Balaban J connectivity index is 1.63. The fourth-order valence-electron chi connectivity index (χ4n) is 4.13. The highest BCUT2D eigenvalue weighted by Crippen LogP contribution is 2.37. The second-order valence-electron chi connectivity index (χ2n) is 7.65. The maximum Gasteiger partial charge on any atom is 0.488 e. The standard InChI is InChI=1S/C28H21BO2/c30-29(31)25-18-16-23(17-19-25)27-11-5-9-24-8-4-10-26(28(24)27)22-14-12-21(13-15-22)20-6-2-1-3-7-20/h1-19,30-31H. The van der Waals surface area contributed by atoms with Gasteiger partial charge in [-0.05, 0) is 49.6 Å². The van der Waals surface area contributed by atoms with Gasteiger partial charge in [0.05, 0.1) is 0 Å². The molecule has 0 aliphatic rings. The van der Waals surface area contributed by atoms with Crippen LogP contribution in [-0.2, 0) is 0 Å². The number of rotatable bonds is 4. The molecule has 0 saturated heterocycles. The summed E-state index contributed by atoms with van der Waals surface area (Å²) >= 11 is 0. The highest BCUT2D eigenvalue weighted by molar-refractivity contribution is 6.58. The maximum absolute atomic E-state index is 9.41. The summed E-state index contributed by atoms with van der Waals surface area (Å²) in [5.74, 6) is 0. The summed E-state index contributed by atoms with van der Waals surface area (Å²) in [5.41, 5.74) is 7.41. The summed E-state index contributed by atoms with van der Waals surface area (Å²) in [6.45, 7) is 0. The molecule has 3 heteroatoms. The predicted molar refractivity (Wildman–Crippen MR) is 130 cm³/mol. The van der Waals surface area contributed by atoms with Crippen molar-refractivity contribution in [3.05, 3.63) is 115 Å². The van der Waals surface area contributed by atoms with Crippen LogP contribution in [-0.4, -0.2) is 17.2 Å². The van der Waals surface area contributed by atoms with Crippen molar-refractivity contribution in [2.75, 3.05) is 0 Å². The van der Waals surface area contributed by atoms with E-state index < -0.39 is 7.12 Å². The predicted octanol–water partition coefficient (Wildman–Crippen LogP) is 5.52. The third-order valence-corrected chi connectivity index (χ3v) is 5.73. The van der Waals surface area contributed by atoms with Gasteiger partial charge >= 0.3 is 7.12 Å². The van der Waals surface area contributed by atoms with Gasteiger partial charge in [0, 0.05) is 0 Å². The molecule has 0 bridgehead atoms. The minimum Gasteiger partial charge on any atom is -0.423 e. The highest BCUT2D eigenvalue weighted by atomic mass is 16.4. The van der Waals surface area contributed by atoms with E-state index in [-0.39, 0.29) is 0 Å². The van der Waals surface area contributed by atoms with Crippen molar-refractivity contribution in [1.29, 1.82) is 0 Å². The molecule has 0 unspecified atom stereocenters. The van der Waals surface area contributed by atoms with Crippen LogP contribution in [0.4, 0.5) is 0 Å². The summed E-state index contributed by atoms with van der Waals surface area (Å²) in [4.78, 5) is 0. The van der Waals surface area contributed by atoms with E-state index in [4.69, 9.17) is 0 Å². The molecule has 31 heavy (non-hydrogen) atoms. The lowest BCUT2D eigenvalue weighted by Crippen LogP contribution is -2.29. The summed E-state index contributed by atoms with van der Waals surface area (Å²) < 4.78 is 0. The Morgan fingerprint density at radius 1 is 0.419 bits per heavy atom. The monoisotopic (exact) mass is 400 g/mol. The second kappa shape index (κ2) is 8.23. The molecule has 0 radical (unpaired) electrons. The van der Waals surface area contributed by atoms with Gasteiger partial charge in [-0.2, -0.15) is 0 Å². The summed E-state index contributed by atoms with van der Waals surface area (Å²) in [5, 5.41) is 21.2. The molecule has 0 fully saturated rings. The molecule has 5 rings (SSSR count). The first-order valence-electron chi connectivity index (χ1n) is 10.3. The van der Waals surface area contributed by atoms with Crippen molar-refractivity contribution < 1.29 is 10.0 Å². The molecule has 0 atom stereocenters. The Morgan fingerprint density at radius 2 is 0.903 bits per heavy atom. The first kappa shape index (κ1) is 19.3. The third kappa shape index (κ3) is 3.77. The lowest BCUT2D eigenvalue weighted by atomic mass is 9.79. The molecular weight excluding hydrogens is 379 g/mol. The SMILES string of the molecule is OB(O)c1ccc(-c2cccc3cccc(-c4ccc(-c5ccccc5)cc4)c23)cc1. The number of benzene rings is 5. The van der Waals surface area contributed by atoms with Crippen LogP contribution in [0.15, 0.2) is 115 Å². The van der Waals surface area contributed by atoms with Crippen molar-refractivity contribution >= 4 is 23.4 Å². The van der Waals surface area contributed by atoms with Gasteiger partial charge in [0.2, 0.25) is 0 Å². The number of hydrogen-bond donors (Lipinski definition) is 2. The Morgan fingerprint density at radius 3 is 1.45 bits per heavy atom. The molecule has 0 aromatic heterocycles.